The molecule has 0 aromatic carbocycles. The highest BCUT2D eigenvalue weighted by Crippen LogP contribution is 2.23. The molecular formula is C15H22N5OS2+. The number of nitrogens with two attached hydrogens (primary N) is 1. The molecule has 124 valence electrons. The molecule has 1 aliphatic rings. The third-order valence-corrected chi connectivity index (χ3v) is 5.92. The number of amides is 1. The van der Waals surface area contributed by atoms with Crippen molar-refractivity contribution in [1.29, 1.82) is 0 Å². The molecule has 3 heterocycles. The summed E-state index contributed by atoms with van der Waals surface area (Å²) in [5.74, 6) is 0.508. The lowest BCUT2D eigenvalue weighted by molar-refractivity contribution is -0.941. The molecule has 2 atom stereocenters. The Bertz CT molecular complexity index is 734. The van der Waals surface area contributed by atoms with Gasteiger partial charge in [-0.1, -0.05) is 6.07 Å². The van der Waals surface area contributed by atoms with Gasteiger partial charge in [-0.25, -0.2) is 0 Å². The van der Waals surface area contributed by atoms with Gasteiger partial charge in [0.2, 0.25) is 10.7 Å². The van der Waals surface area contributed by atoms with Gasteiger partial charge >= 0.3 is 0 Å². The highest BCUT2D eigenvalue weighted by atomic mass is 32.1. The number of nitrogens with one attached hydrogen (secondary N) is 1. The standard InChI is InChI=1S/C15H21N5OS2/c1-18-14(7-6-13(16)21)17-20(15(18)22)10-19-8-2-4-11(19)12-5-3-9-23-12/h3,5,9,11H,2,4,6-8,10H2,1H3,(H2,16,21)/p+1/t11-/m1/s1. The van der Waals surface area contributed by atoms with Gasteiger partial charge in [-0.2, -0.15) is 9.78 Å². The van der Waals surface area contributed by atoms with Gasteiger partial charge in [0.15, 0.2) is 6.67 Å². The van der Waals surface area contributed by atoms with Gasteiger partial charge in [0, 0.05) is 32.7 Å². The number of hydrogen-bond acceptors (Lipinski definition) is 4. The molecule has 3 N–H and O–H groups in total. The van der Waals surface area contributed by atoms with E-state index in [-0.39, 0.29) is 5.91 Å². The first-order valence-corrected chi connectivity index (χ1v) is 9.14. The molecule has 8 heteroatoms. The van der Waals surface area contributed by atoms with Crippen molar-refractivity contribution in [2.24, 2.45) is 12.8 Å². The zero-order chi connectivity index (χ0) is 16.4. The van der Waals surface area contributed by atoms with Gasteiger partial charge in [-0.15, -0.1) is 11.3 Å². The Morgan fingerprint density at radius 1 is 1.61 bits per heavy atom. The lowest BCUT2D eigenvalue weighted by Gasteiger charge is -2.20. The average Bonchev–Trinajstić information content (AvgIpc) is 3.23. The first-order valence-electron chi connectivity index (χ1n) is 7.85. The summed E-state index contributed by atoms with van der Waals surface area (Å²) in [6, 6.07) is 4.87. The Hall–Kier alpha value is -1.51. The Balaban J connectivity index is 1.76. The van der Waals surface area contributed by atoms with E-state index in [1.165, 1.54) is 22.6 Å². The molecule has 1 aliphatic heterocycles. The molecule has 0 spiro atoms. The summed E-state index contributed by atoms with van der Waals surface area (Å²) in [6.07, 6.45) is 3.28. The van der Waals surface area contributed by atoms with Crippen molar-refractivity contribution < 1.29 is 9.69 Å². The lowest BCUT2D eigenvalue weighted by Crippen LogP contribution is -3.09. The first kappa shape index (κ1) is 16.4. The normalized spacial score (nSPS) is 20.9. The van der Waals surface area contributed by atoms with E-state index >= 15 is 0 Å². The number of rotatable bonds is 6. The van der Waals surface area contributed by atoms with Crippen LogP contribution in [0.15, 0.2) is 17.5 Å². The average molecular weight is 353 g/mol. The van der Waals surface area contributed by atoms with Crippen LogP contribution in [0.1, 0.15) is 36.0 Å². The van der Waals surface area contributed by atoms with Crippen LogP contribution in [0.5, 0.6) is 0 Å². The second-order valence-electron chi connectivity index (χ2n) is 6.00. The fourth-order valence-electron chi connectivity index (χ4n) is 3.21. The largest absolute Gasteiger partial charge is 0.370 e. The summed E-state index contributed by atoms with van der Waals surface area (Å²) in [5.41, 5.74) is 5.23. The zero-order valence-corrected chi connectivity index (χ0v) is 14.8. The van der Waals surface area contributed by atoms with E-state index in [1.807, 2.05) is 27.6 Å². The predicted octanol–water partition coefficient (Wildman–Crippen LogP) is 0.808. The molecule has 2 aromatic rings. The summed E-state index contributed by atoms with van der Waals surface area (Å²) in [7, 11) is 1.90. The molecule has 0 radical (unpaired) electrons. The summed E-state index contributed by atoms with van der Waals surface area (Å²) >= 11 is 7.33. The van der Waals surface area contributed by atoms with Crippen LogP contribution in [-0.2, 0) is 24.9 Å². The van der Waals surface area contributed by atoms with Crippen molar-refractivity contribution in [1.82, 2.24) is 14.3 Å². The van der Waals surface area contributed by atoms with Crippen LogP contribution in [-0.4, -0.2) is 26.8 Å². The lowest BCUT2D eigenvalue weighted by atomic mass is 10.2. The Kier molecular flexibility index (Phi) is 4.93. The quantitative estimate of drug-likeness (QED) is 0.756. The highest BCUT2D eigenvalue weighted by molar-refractivity contribution is 7.71. The number of nitrogens with zero attached hydrogens (tertiary/aromatic N) is 3. The third-order valence-electron chi connectivity index (χ3n) is 4.45. The van der Waals surface area contributed by atoms with Crippen molar-refractivity contribution in [2.45, 2.75) is 38.4 Å². The Labute approximate surface area is 144 Å². The first-order chi connectivity index (χ1) is 11.1. The minimum atomic E-state index is -0.312. The van der Waals surface area contributed by atoms with Crippen LogP contribution in [0.2, 0.25) is 0 Å². The topological polar surface area (TPSA) is 70.3 Å². The number of carbonyl (C=O) groups excluding carboxylic acids is 1. The Morgan fingerprint density at radius 3 is 3.13 bits per heavy atom. The van der Waals surface area contributed by atoms with Crippen LogP contribution >= 0.6 is 23.6 Å². The third kappa shape index (κ3) is 3.54. The van der Waals surface area contributed by atoms with Gasteiger partial charge in [0.05, 0.1) is 11.4 Å². The van der Waals surface area contributed by atoms with Crippen molar-refractivity contribution in [3.8, 4) is 0 Å². The molecule has 1 fully saturated rings. The summed E-state index contributed by atoms with van der Waals surface area (Å²) in [5, 5.41) is 6.75. The molecule has 1 amide bonds. The second-order valence-corrected chi connectivity index (χ2v) is 7.34. The maximum Gasteiger partial charge on any atom is 0.217 e. The molecule has 0 aliphatic carbocycles. The van der Waals surface area contributed by atoms with E-state index in [2.05, 4.69) is 22.6 Å². The number of aromatic nitrogens is 3. The van der Waals surface area contributed by atoms with E-state index in [0.717, 1.165) is 19.0 Å². The summed E-state index contributed by atoms with van der Waals surface area (Å²) in [6.45, 7) is 1.91. The van der Waals surface area contributed by atoms with Crippen LogP contribution in [0, 0.1) is 4.77 Å². The Morgan fingerprint density at radius 2 is 2.43 bits per heavy atom. The smallest absolute Gasteiger partial charge is 0.217 e. The van der Waals surface area contributed by atoms with E-state index < -0.39 is 0 Å². The van der Waals surface area contributed by atoms with E-state index in [1.54, 1.807) is 0 Å². The van der Waals surface area contributed by atoms with Crippen LogP contribution in [0.4, 0.5) is 0 Å². The van der Waals surface area contributed by atoms with Crippen LogP contribution < -0.4 is 10.6 Å². The highest BCUT2D eigenvalue weighted by Gasteiger charge is 2.31. The monoisotopic (exact) mass is 352 g/mol. The van der Waals surface area contributed by atoms with Gasteiger partial charge in [0.1, 0.15) is 11.9 Å². The van der Waals surface area contributed by atoms with Crippen LogP contribution in [0.25, 0.3) is 0 Å². The number of quaternary nitrogens is 1. The number of carbonyl (C=O) groups is 1. The molecule has 23 heavy (non-hydrogen) atoms. The SMILES string of the molecule is Cn1c(CCC(N)=O)nn(C[NH+]2CCC[C@@H]2c2cccs2)c1=S. The molecule has 0 saturated carbocycles. The maximum atomic E-state index is 11.0. The molecule has 2 aromatic heterocycles. The van der Waals surface area contributed by atoms with Crippen molar-refractivity contribution in [2.75, 3.05) is 6.54 Å². The molecule has 3 rings (SSSR count). The van der Waals surface area contributed by atoms with E-state index in [9.17, 15) is 4.79 Å². The fraction of sp³-hybridized carbons (Fsp3) is 0.533. The second kappa shape index (κ2) is 6.94. The minimum Gasteiger partial charge on any atom is -0.370 e. The van der Waals surface area contributed by atoms with Crippen molar-refractivity contribution in [3.63, 3.8) is 0 Å². The van der Waals surface area contributed by atoms with Crippen molar-refractivity contribution in [3.05, 3.63) is 33.0 Å². The van der Waals surface area contributed by atoms with Gasteiger partial charge in [0.25, 0.3) is 0 Å². The maximum absolute atomic E-state index is 11.0. The van der Waals surface area contributed by atoms with E-state index in [4.69, 9.17) is 18.0 Å². The number of hydrogen-bond donors (Lipinski definition) is 2. The number of likely N-dealkylation sites (tertiary alicyclic amines) is 1. The molecule has 1 unspecified atom stereocenters. The minimum absolute atomic E-state index is 0.300. The number of aryl methyl sites for hydroxylation is 1. The van der Waals surface area contributed by atoms with Crippen molar-refractivity contribution >= 4 is 29.5 Å². The van der Waals surface area contributed by atoms with E-state index in [0.29, 0.717) is 23.7 Å². The number of primary amides is 1. The summed E-state index contributed by atoms with van der Waals surface area (Å²) in [4.78, 5) is 13.9. The number of thiophene rings is 1. The summed E-state index contributed by atoms with van der Waals surface area (Å²) < 4.78 is 4.48. The molecule has 0 bridgehead atoms. The predicted molar refractivity (Wildman–Crippen MR) is 91.7 cm³/mol. The molecule has 6 nitrogen and oxygen atoms in total. The fourth-order valence-corrected chi connectivity index (χ4v) is 4.35. The zero-order valence-electron chi connectivity index (χ0n) is 13.2. The van der Waals surface area contributed by atoms with Gasteiger partial charge < -0.3 is 15.2 Å². The van der Waals surface area contributed by atoms with Crippen LogP contribution in [0.3, 0.4) is 0 Å². The molecular weight excluding hydrogens is 330 g/mol. The van der Waals surface area contributed by atoms with Gasteiger partial charge in [-0.05, 0) is 23.7 Å². The van der Waals surface area contributed by atoms with Gasteiger partial charge in [-0.3, -0.25) is 4.79 Å². The molecule has 1 saturated heterocycles.